The molecule has 0 aliphatic carbocycles. The third-order valence-corrected chi connectivity index (χ3v) is 4.50. The van der Waals surface area contributed by atoms with Gasteiger partial charge in [-0.2, -0.15) is 0 Å². The molecule has 0 saturated carbocycles. The number of halogens is 2. The molecule has 2 heterocycles. The first-order valence-electron chi connectivity index (χ1n) is 8.86. The maximum absolute atomic E-state index is 13.6. The topological polar surface area (TPSA) is 47.2 Å². The van der Waals surface area contributed by atoms with E-state index in [0.717, 1.165) is 11.6 Å². The van der Waals surface area contributed by atoms with Crippen molar-refractivity contribution in [2.24, 2.45) is 0 Å². The average Bonchev–Trinajstić information content (AvgIpc) is 3.17. The lowest BCUT2D eigenvalue weighted by Crippen LogP contribution is -2.25. The van der Waals surface area contributed by atoms with Gasteiger partial charge in [0.05, 0.1) is 5.52 Å². The molecule has 6 heteroatoms. The number of aryl methyl sites for hydroxylation is 1. The Hall–Kier alpha value is -3.41. The monoisotopic (exact) mass is 380 g/mol. The summed E-state index contributed by atoms with van der Waals surface area (Å²) in [4.78, 5) is 12.8. The van der Waals surface area contributed by atoms with Gasteiger partial charge in [-0.1, -0.05) is 30.3 Å². The van der Waals surface area contributed by atoms with E-state index in [1.165, 1.54) is 12.1 Å². The molecule has 0 saturated heterocycles. The molecule has 4 aromatic rings. The predicted molar refractivity (Wildman–Crippen MR) is 102 cm³/mol. The van der Waals surface area contributed by atoms with E-state index in [1.807, 2.05) is 30.3 Å². The number of rotatable bonds is 5. The maximum atomic E-state index is 13.6. The highest BCUT2D eigenvalue weighted by molar-refractivity contribution is 5.97. The van der Waals surface area contributed by atoms with Crippen molar-refractivity contribution < 1.29 is 18.0 Å². The summed E-state index contributed by atoms with van der Waals surface area (Å²) < 4.78 is 34.5. The lowest BCUT2D eigenvalue weighted by molar-refractivity contribution is 0.0942. The highest BCUT2D eigenvalue weighted by Crippen LogP contribution is 2.25. The Morgan fingerprint density at radius 2 is 1.71 bits per heavy atom. The SMILES string of the molecule is Cc1cc2c(cc(C(=O)NCc3ccccc3)n2Cc2cc(F)cc(F)c2)o1. The molecule has 0 radical (unpaired) electrons. The van der Waals surface area contributed by atoms with Crippen molar-refractivity contribution in [3.8, 4) is 0 Å². The summed E-state index contributed by atoms with van der Waals surface area (Å²) in [5, 5.41) is 2.88. The van der Waals surface area contributed by atoms with Crippen molar-refractivity contribution in [2.45, 2.75) is 20.0 Å². The normalized spacial score (nSPS) is 11.1. The van der Waals surface area contributed by atoms with E-state index < -0.39 is 11.6 Å². The summed E-state index contributed by atoms with van der Waals surface area (Å²) in [6.07, 6.45) is 0. The van der Waals surface area contributed by atoms with Crippen molar-refractivity contribution in [3.63, 3.8) is 0 Å². The van der Waals surface area contributed by atoms with Crippen LogP contribution in [0.5, 0.6) is 0 Å². The van der Waals surface area contributed by atoms with Crippen molar-refractivity contribution in [1.82, 2.24) is 9.88 Å². The van der Waals surface area contributed by atoms with Gasteiger partial charge in [-0.05, 0) is 30.2 Å². The van der Waals surface area contributed by atoms with Gasteiger partial charge in [0.15, 0.2) is 5.58 Å². The molecular formula is C22H18F2N2O2. The summed E-state index contributed by atoms with van der Waals surface area (Å²) in [6.45, 7) is 2.33. The molecule has 1 amide bonds. The van der Waals surface area contributed by atoms with Crippen LogP contribution in [0.1, 0.15) is 27.4 Å². The van der Waals surface area contributed by atoms with Gasteiger partial charge in [0.25, 0.3) is 5.91 Å². The summed E-state index contributed by atoms with van der Waals surface area (Å²) in [7, 11) is 0. The molecule has 0 bridgehead atoms. The lowest BCUT2D eigenvalue weighted by atomic mass is 10.2. The first-order chi connectivity index (χ1) is 13.5. The Kier molecular flexibility index (Phi) is 4.69. The van der Waals surface area contributed by atoms with E-state index in [1.54, 1.807) is 23.6 Å². The molecule has 1 N–H and O–H groups in total. The quantitative estimate of drug-likeness (QED) is 0.541. The highest BCUT2D eigenvalue weighted by Gasteiger charge is 2.19. The first kappa shape index (κ1) is 18.0. The van der Waals surface area contributed by atoms with Crippen LogP contribution in [0.4, 0.5) is 8.78 Å². The molecule has 0 spiro atoms. The van der Waals surface area contributed by atoms with E-state index in [-0.39, 0.29) is 12.5 Å². The van der Waals surface area contributed by atoms with Crippen LogP contribution in [-0.2, 0) is 13.1 Å². The molecule has 4 nitrogen and oxygen atoms in total. The molecule has 4 rings (SSSR count). The molecule has 0 aliphatic rings. The fourth-order valence-corrected chi connectivity index (χ4v) is 3.28. The minimum atomic E-state index is -0.656. The molecular weight excluding hydrogens is 362 g/mol. The Morgan fingerprint density at radius 3 is 2.43 bits per heavy atom. The number of benzene rings is 2. The molecule has 0 atom stereocenters. The number of hydrogen-bond donors (Lipinski definition) is 1. The number of furan rings is 1. The Morgan fingerprint density at radius 1 is 1.00 bits per heavy atom. The Labute approximate surface area is 160 Å². The van der Waals surface area contributed by atoms with Crippen LogP contribution < -0.4 is 5.32 Å². The number of nitrogens with one attached hydrogen (secondary N) is 1. The minimum Gasteiger partial charge on any atom is -0.460 e. The van der Waals surface area contributed by atoms with Crippen LogP contribution >= 0.6 is 0 Å². The summed E-state index contributed by atoms with van der Waals surface area (Å²) in [5.74, 6) is -0.904. The maximum Gasteiger partial charge on any atom is 0.268 e. The number of aromatic nitrogens is 1. The second-order valence-electron chi connectivity index (χ2n) is 6.67. The zero-order valence-electron chi connectivity index (χ0n) is 15.2. The van der Waals surface area contributed by atoms with Gasteiger partial charge in [-0.15, -0.1) is 0 Å². The first-order valence-corrected chi connectivity index (χ1v) is 8.86. The van der Waals surface area contributed by atoms with Gasteiger partial charge in [-0.3, -0.25) is 4.79 Å². The minimum absolute atomic E-state index is 0.144. The zero-order valence-corrected chi connectivity index (χ0v) is 15.2. The van der Waals surface area contributed by atoms with E-state index in [0.29, 0.717) is 34.7 Å². The fourth-order valence-electron chi connectivity index (χ4n) is 3.28. The second-order valence-corrected chi connectivity index (χ2v) is 6.67. The van der Waals surface area contributed by atoms with E-state index in [4.69, 9.17) is 4.42 Å². The van der Waals surface area contributed by atoms with Crippen LogP contribution in [0.15, 0.2) is 65.1 Å². The standard InChI is InChI=1S/C22H18F2N2O2/c1-14-7-19-21(28-14)11-20(22(27)25-12-15-5-3-2-4-6-15)26(19)13-16-8-17(23)10-18(24)9-16/h2-11H,12-13H2,1H3,(H,25,27). The Balaban J connectivity index is 1.66. The van der Waals surface area contributed by atoms with Gasteiger partial charge in [0.2, 0.25) is 0 Å². The molecule has 2 aromatic heterocycles. The largest absolute Gasteiger partial charge is 0.460 e. The van der Waals surface area contributed by atoms with Gasteiger partial charge in [-0.25, -0.2) is 8.78 Å². The molecule has 28 heavy (non-hydrogen) atoms. The van der Waals surface area contributed by atoms with Gasteiger partial charge in [0, 0.05) is 31.3 Å². The van der Waals surface area contributed by atoms with Crippen molar-refractivity contribution in [1.29, 1.82) is 0 Å². The van der Waals surface area contributed by atoms with Crippen LogP contribution in [0.25, 0.3) is 11.1 Å². The van der Waals surface area contributed by atoms with Gasteiger partial charge in [0.1, 0.15) is 23.1 Å². The average molecular weight is 380 g/mol. The molecule has 2 aromatic carbocycles. The summed E-state index contributed by atoms with van der Waals surface area (Å²) >= 11 is 0. The lowest BCUT2D eigenvalue weighted by Gasteiger charge is -2.11. The van der Waals surface area contributed by atoms with E-state index in [2.05, 4.69) is 5.32 Å². The molecule has 0 aliphatic heterocycles. The number of nitrogens with zero attached hydrogens (tertiary/aromatic N) is 1. The van der Waals surface area contributed by atoms with Crippen molar-refractivity contribution in [3.05, 3.63) is 94.9 Å². The zero-order chi connectivity index (χ0) is 19.7. The molecule has 0 fully saturated rings. The summed E-state index contributed by atoms with van der Waals surface area (Å²) in [5.41, 5.74) is 3.02. The van der Waals surface area contributed by atoms with Crippen LogP contribution in [0, 0.1) is 18.6 Å². The second kappa shape index (κ2) is 7.31. The van der Waals surface area contributed by atoms with E-state index in [9.17, 15) is 13.6 Å². The van der Waals surface area contributed by atoms with Gasteiger partial charge < -0.3 is 14.3 Å². The third kappa shape index (κ3) is 3.67. The number of amides is 1. The van der Waals surface area contributed by atoms with Crippen LogP contribution in [0.3, 0.4) is 0 Å². The molecule has 142 valence electrons. The third-order valence-electron chi connectivity index (χ3n) is 4.50. The predicted octanol–water partition coefficient (Wildman–Crippen LogP) is 4.80. The smallest absolute Gasteiger partial charge is 0.268 e. The number of fused-ring (bicyclic) bond motifs is 1. The fraction of sp³-hybridized carbons (Fsp3) is 0.136. The number of hydrogen-bond acceptors (Lipinski definition) is 2. The number of carbonyl (C=O) groups is 1. The highest BCUT2D eigenvalue weighted by atomic mass is 19.1. The van der Waals surface area contributed by atoms with Crippen LogP contribution in [0.2, 0.25) is 0 Å². The van der Waals surface area contributed by atoms with Crippen molar-refractivity contribution >= 4 is 17.0 Å². The summed E-state index contributed by atoms with van der Waals surface area (Å²) in [6, 6.07) is 16.3. The van der Waals surface area contributed by atoms with Gasteiger partial charge >= 0.3 is 0 Å². The van der Waals surface area contributed by atoms with Crippen molar-refractivity contribution in [2.75, 3.05) is 0 Å². The number of carbonyl (C=O) groups excluding carboxylic acids is 1. The molecule has 0 unspecified atom stereocenters. The van der Waals surface area contributed by atoms with E-state index >= 15 is 0 Å². The van der Waals surface area contributed by atoms with Crippen LogP contribution in [-0.4, -0.2) is 10.5 Å². The Bertz CT molecular complexity index is 1130.